The number of rotatable bonds is 3. The number of benzene rings is 1. The van der Waals surface area contributed by atoms with E-state index in [1.165, 1.54) is 0 Å². The first-order valence-electron chi connectivity index (χ1n) is 4.06. The Hall–Kier alpha value is 0.0400. The lowest BCUT2D eigenvalue weighted by Crippen LogP contribution is -2.09. The quantitative estimate of drug-likeness (QED) is 0.799. The highest BCUT2D eigenvalue weighted by atomic mass is 35.5. The van der Waals surface area contributed by atoms with Crippen LogP contribution in [-0.4, -0.2) is 20.4 Å². The summed E-state index contributed by atoms with van der Waals surface area (Å²) in [4.78, 5) is 0. The fourth-order valence-corrected chi connectivity index (χ4v) is 3.17. The maximum absolute atomic E-state index is 11.1. The molecule has 0 spiro atoms. The molecule has 0 aliphatic heterocycles. The van der Waals surface area contributed by atoms with Gasteiger partial charge in [0.2, 0.25) is 0 Å². The third kappa shape index (κ3) is 4.19. The van der Waals surface area contributed by atoms with Gasteiger partial charge >= 0.3 is 0 Å². The molecule has 0 aliphatic rings. The second kappa shape index (κ2) is 4.91. The summed E-state index contributed by atoms with van der Waals surface area (Å²) < 4.78 is 22.1. The predicted octanol–water partition coefficient (Wildman–Crippen LogP) is 3.32. The van der Waals surface area contributed by atoms with Gasteiger partial charge in [-0.1, -0.05) is 23.2 Å². The zero-order valence-electron chi connectivity index (χ0n) is 7.88. The van der Waals surface area contributed by atoms with E-state index in [0.29, 0.717) is 15.6 Å². The SMILES string of the molecule is CS(=O)(=O)CC(Cl)c1cc(Cl)ccc1Cl. The highest BCUT2D eigenvalue weighted by molar-refractivity contribution is 7.90. The number of halogens is 3. The van der Waals surface area contributed by atoms with Crippen molar-refractivity contribution in [3.63, 3.8) is 0 Å². The number of hydrogen-bond acceptors (Lipinski definition) is 2. The maximum atomic E-state index is 11.1. The van der Waals surface area contributed by atoms with Gasteiger partial charge in [-0.2, -0.15) is 0 Å². The molecule has 0 bridgehead atoms. The first-order valence-corrected chi connectivity index (χ1v) is 7.31. The molecule has 1 unspecified atom stereocenters. The predicted molar refractivity (Wildman–Crippen MR) is 64.8 cm³/mol. The van der Waals surface area contributed by atoms with Crippen LogP contribution in [0.1, 0.15) is 10.9 Å². The van der Waals surface area contributed by atoms with Gasteiger partial charge in [-0.05, 0) is 23.8 Å². The molecule has 0 radical (unpaired) electrons. The van der Waals surface area contributed by atoms with Crippen LogP contribution in [0.15, 0.2) is 18.2 Å². The van der Waals surface area contributed by atoms with Crippen molar-refractivity contribution in [2.45, 2.75) is 5.38 Å². The Morgan fingerprint density at radius 3 is 2.47 bits per heavy atom. The summed E-state index contributed by atoms with van der Waals surface area (Å²) in [6, 6.07) is 4.79. The van der Waals surface area contributed by atoms with E-state index in [-0.39, 0.29) is 5.75 Å². The van der Waals surface area contributed by atoms with Gasteiger partial charge < -0.3 is 0 Å². The minimum Gasteiger partial charge on any atom is -0.229 e. The van der Waals surface area contributed by atoms with Crippen molar-refractivity contribution in [2.24, 2.45) is 0 Å². The van der Waals surface area contributed by atoms with Gasteiger partial charge in [0.1, 0.15) is 9.84 Å². The monoisotopic (exact) mass is 286 g/mol. The molecule has 0 fully saturated rings. The molecule has 2 nitrogen and oxygen atoms in total. The summed E-state index contributed by atoms with van der Waals surface area (Å²) in [6.45, 7) is 0. The Kier molecular flexibility index (Phi) is 4.29. The van der Waals surface area contributed by atoms with E-state index in [1.54, 1.807) is 18.2 Å². The normalized spacial score (nSPS) is 13.9. The van der Waals surface area contributed by atoms with Crippen molar-refractivity contribution >= 4 is 44.6 Å². The number of sulfone groups is 1. The molecule has 1 aromatic rings. The molecule has 1 aromatic carbocycles. The van der Waals surface area contributed by atoms with Crippen LogP contribution in [0.5, 0.6) is 0 Å². The van der Waals surface area contributed by atoms with Crippen LogP contribution < -0.4 is 0 Å². The third-order valence-electron chi connectivity index (χ3n) is 1.74. The highest BCUT2D eigenvalue weighted by Crippen LogP contribution is 2.31. The van der Waals surface area contributed by atoms with Crippen LogP contribution in [0.2, 0.25) is 10.0 Å². The fraction of sp³-hybridized carbons (Fsp3) is 0.333. The second-order valence-corrected chi connectivity index (χ2v) is 6.78. The lowest BCUT2D eigenvalue weighted by molar-refractivity contribution is 0.600. The summed E-state index contributed by atoms with van der Waals surface area (Å²) in [5.74, 6) is -0.158. The van der Waals surface area contributed by atoms with Crippen molar-refractivity contribution in [1.82, 2.24) is 0 Å². The second-order valence-electron chi connectivity index (χ2n) is 3.23. The van der Waals surface area contributed by atoms with Gasteiger partial charge in [-0.25, -0.2) is 8.42 Å². The van der Waals surface area contributed by atoms with Crippen LogP contribution >= 0.6 is 34.8 Å². The van der Waals surface area contributed by atoms with E-state index in [2.05, 4.69) is 0 Å². The zero-order chi connectivity index (χ0) is 11.6. The first kappa shape index (κ1) is 13.1. The van der Waals surface area contributed by atoms with Gasteiger partial charge in [0, 0.05) is 16.3 Å². The number of hydrogen-bond donors (Lipinski definition) is 0. The standard InChI is InChI=1S/C9H9Cl3O2S/c1-15(13,14)5-9(12)7-4-6(10)2-3-8(7)11/h2-4,9H,5H2,1H3. The fourth-order valence-electron chi connectivity index (χ4n) is 1.11. The largest absolute Gasteiger partial charge is 0.229 e. The molecule has 0 aliphatic carbocycles. The minimum absolute atomic E-state index is 0.158. The first-order chi connectivity index (χ1) is 6.79. The Morgan fingerprint density at radius 2 is 1.93 bits per heavy atom. The van der Waals surface area contributed by atoms with Crippen LogP contribution in [0.25, 0.3) is 0 Å². The van der Waals surface area contributed by atoms with Crippen LogP contribution in [0, 0.1) is 0 Å². The van der Waals surface area contributed by atoms with Crippen molar-refractivity contribution in [1.29, 1.82) is 0 Å². The molecular formula is C9H9Cl3O2S. The Balaban J connectivity index is 3.00. The lowest BCUT2D eigenvalue weighted by atomic mass is 10.2. The average molecular weight is 288 g/mol. The molecule has 0 saturated heterocycles. The Labute approximate surface area is 104 Å². The molecule has 1 rings (SSSR count). The van der Waals surface area contributed by atoms with Gasteiger partial charge in [0.25, 0.3) is 0 Å². The van der Waals surface area contributed by atoms with E-state index >= 15 is 0 Å². The Morgan fingerprint density at radius 1 is 1.33 bits per heavy atom. The smallest absolute Gasteiger partial charge is 0.149 e. The van der Waals surface area contributed by atoms with Gasteiger partial charge in [-0.3, -0.25) is 0 Å². The van der Waals surface area contributed by atoms with E-state index in [9.17, 15) is 8.42 Å². The maximum Gasteiger partial charge on any atom is 0.149 e. The summed E-state index contributed by atoms with van der Waals surface area (Å²) in [5, 5.41) is 0.225. The van der Waals surface area contributed by atoms with E-state index in [0.717, 1.165) is 6.26 Å². The van der Waals surface area contributed by atoms with Crippen molar-refractivity contribution in [2.75, 3.05) is 12.0 Å². The Bertz CT molecular complexity index is 456. The topological polar surface area (TPSA) is 34.1 Å². The van der Waals surface area contributed by atoms with Crippen LogP contribution in [0.4, 0.5) is 0 Å². The lowest BCUT2D eigenvalue weighted by Gasteiger charge is -2.10. The van der Waals surface area contributed by atoms with Gasteiger partial charge in [0.05, 0.1) is 11.1 Å². The van der Waals surface area contributed by atoms with Crippen LogP contribution in [-0.2, 0) is 9.84 Å². The van der Waals surface area contributed by atoms with E-state index in [1.807, 2.05) is 0 Å². The van der Waals surface area contributed by atoms with Crippen LogP contribution in [0.3, 0.4) is 0 Å². The molecule has 1 atom stereocenters. The van der Waals surface area contributed by atoms with E-state index < -0.39 is 15.2 Å². The molecular weight excluding hydrogens is 279 g/mol. The molecule has 6 heteroatoms. The molecule has 0 aromatic heterocycles. The number of alkyl halides is 1. The summed E-state index contributed by atoms with van der Waals surface area (Å²) in [5.41, 5.74) is 0.538. The van der Waals surface area contributed by atoms with Crippen molar-refractivity contribution < 1.29 is 8.42 Å². The molecule has 0 amide bonds. The van der Waals surface area contributed by atoms with Gasteiger partial charge in [-0.15, -0.1) is 11.6 Å². The average Bonchev–Trinajstić information content (AvgIpc) is 2.06. The third-order valence-corrected chi connectivity index (χ3v) is 3.84. The van der Waals surface area contributed by atoms with Gasteiger partial charge in [0.15, 0.2) is 0 Å². The van der Waals surface area contributed by atoms with E-state index in [4.69, 9.17) is 34.8 Å². The molecule has 0 heterocycles. The van der Waals surface area contributed by atoms with Crippen molar-refractivity contribution in [3.8, 4) is 0 Å². The zero-order valence-corrected chi connectivity index (χ0v) is 11.0. The minimum atomic E-state index is -3.13. The molecule has 15 heavy (non-hydrogen) atoms. The molecule has 84 valence electrons. The summed E-state index contributed by atoms with van der Waals surface area (Å²) >= 11 is 17.6. The summed E-state index contributed by atoms with van der Waals surface area (Å²) in [6.07, 6.45) is 1.13. The summed E-state index contributed by atoms with van der Waals surface area (Å²) in [7, 11) is -3.13. The molecule has 0 saturated carbocycles. The van der Waals surface area contributed by atoms with Crippen molar-refractivity contribution in [3.05, 3.63) is 33.8 Å². The highest BCUT2D eigenvalue weighted by Gasteiger charge is 2.17. The molecule has 0 N–H and O–H groups in total.